The van der Waals surface area contributed by atoms with E-state index in [1.807, 2.05) is 41.5 Å². The SMILES string of the molecule is CCCC(O)(CCC)C(C)N(C(=O)C1(C(N)=O)CCC1)C(C)C(O)(CCC)CCC. The van der Waals surface area contributed by atoms with Gasteiger partial charge in [0.2, 0.25) is 11.8 Å². The van der Waals surface area contributed by atoms with Gasteiger partial charge in [0.15, 0.2) is 0 Å². The predicted octanol–water partition coefficient (Wildman–Crippen LogP) is 3.91. The summed E-state index contributed by atoms with van der Waals surface area (Å²) in [6.07, 6.45) is 7.04. The fraction of sp³-hybridized carbons (Fsp3) is 0.917. The van der Waals surface area contributed by atoms with Crippen molar-refractivity contribution in [2.45, 2.75) is 135 Å². The zero-order valence-corrected chi connectivity index (χ0v) is 20.2. The van der Waals surface area contributed by atoms with Gasteiger partial charge < -0.3 is 20.8 Å². The van der Waals surface area contributed by atoms with Crippen molar-refractivity contribution in [3.8, 4) is 0 Å². The van der Waals surface area contributed by atoms with Crippen molar-refractivity contribution in [3.05, 3.63) is 0 Å². The number of nitrogens with two attached hydrogens (primary N) is 1. The number of primary amides is 1. The third-order valence-electron chi connectivity index (χ3n) is 7.44. The molecule has 0 aromatic carbocycles. The lowest BCUT2D eigenvalue weighted by atomic mass is 9.66. The predicted molar refractivity (Wildman–Crippen MR) is 121 cm³/mol. The minimum absolute atomic E-state index is 0.322. The zero-order chi connectivity index (χ0) is 23.2. The Morgan fingerprint density at radius 1 is 0.867 bits per heavy atom. The summed E-state index contributed by atoms with van der Waals surface area (Å²) in [6, 6.07) is -1.06. The minimum Gasteiger partial charge on any atom is -0.388 e. The van der Waals surface area contributed by atoms with E-state index >= 15 is 0 Å². The molecular weight excluding hydrogens is 380 g/mol. The number of carbonyl (C=O) groups is 2. The van der Waals surface area contributed by atoms with Crippen LogP contribution in [0.4, 0.5) is 0 Å². The molecule has 0 radical (unpaired) electrons. The Kier molecular flexibility index (Phi) is 9.81. The lowest BCUT2D eigenvalue weighted by Gasteiger charge is -2.52. The summed E-state index contributed by atoms with van der Waals surface area (Å²) >= 11 is 0. The molecule has 0 spiro atoms. The summed E-state index contributed by atoms with van der Waals surface area (Å²) in [6.45, 7) is 11.8. The molecule has 176 valence electrons. The summed E-state index contributed by atoms with van der Waals surface area (Å²) in [5, 5.41) is 23.2. The molecule has 6 nitrogen and oxygen atoms in total. The van der Waals surface area contributed by atoms with Gasteiger partial charge in [-0.05, 0) is 52.4 Å². The van der Waals surface area contributed by atoms with Crippen molar-refractivity contribution in [2.75, 3.05) is 0 Å². The van der Waals surface area contributed by atoms with Crippen LogP contribution in [0.3, 0.4) is 0 Å². The minimum atomic E-state index is -1.21. The van der Waals surface area contributed by atoms with E-state index in [1.165, 1.54) is 0 Å². The second-order valence-corrected chi connectivity index (χ2v) is 9.57. The van der Waals surface area contributed by atoms with Crippen LogP contribution in [0.5, 0.6) is 0 Å². The molecule has 2 amide bonds. The highest BCUT2D eigenvalue weighted by atomic mass is 16.3. The average molecular weight is 427 g/mol. The highest BCUT2D eigenvalue weighted by Gasteiger charge is 2.56. The summed E-state index contributed by atoms with van der Waals surface area (Å²) in [7, 11) is 0. The van der Waals surface area contributed by atoms with Crippen LogP contribution in [0.1, 0.15) is 112 Å². The van der Waals surface area contributed by atoms with E-state index in [4.69, 9.17) is 5.73 Å². The summed E-state index contributed by atoms with van der Waals surface area (Å²) < 4.78 is 0. The first-order valence-electron chi connectivity index (χ1n) is 12.1. The van der Waals surface area contributed by atoms with Crippen LogP contribution >= 0.6 is 0 Å². The van der Waals surface area contributed by atoms with Gasteiger partial charge in [-0.2, -0.15) is 0 Å². The van der Waals surface area contributed by atoms with Crippen molar-refractivity contribution in [1.29, 1.82) is 0 Å². The molecule has 1 aliphatic carbocycles. The van der Waals surface area contributed by atoms with Crippen LogP contribution in [0.25, 0.3) is 0 Å². The quantitative estimate of drug-likeness (QED) is 0.366. The third-order valence-corrected chi connectivity index (χ3v) is 7.44. The Hall–Kier alpha value is -1.14. The fourth-order valence-electron chi connectivity index (χ4n) is 5.37. The van der Waals surface area contributed by atoms with Crippen LogP contribution in [0.15, 0.2) is 0 Å². The molecule has 0 aromatic rings. The number of carbonyl (C=O) groups excluding carboxylic acids is 2. The highest BCUT2D eigenvalue weighted by molar-refractivity contribution is 6.05. The van der Waals surface area contributed by atoms with E-state index in [1.54, 1.807) is 4.90 Å². The zero-order valence-electron chi connectivity index (χ0n) is 20.2. The lowest BCUT2D eigenvalue weighted by molar-refractivity contribution is -0.175. The van der Waals surface area contributed by atoms with Gasteiger partial charge in [-0.25, -0.2) is 0 Å². The van der Waals surface area contributed by atoms with E-state index in [-0.39, 0.29) is 5.91 Å². The second-order valence-electron chi connectivity index (χ2n) is 9.57. The monoisotopic (exact) mass is 426 g/mol. The van der Waals surface area contributed by atoms with Gasteiger partial charge in [-0.3, -0.25) is 9.59 Å². The first-order valence-corrected chi connectivity index (χ1v) is 12.1. The Morgan fingerprint density at radius 2 is 1.20 bits per heavy atom. The van der Waals surface area contributed by atoms with Crippen molar-refractivity contribution in [1.82, 2.24) is 4.90 Å². The molecule has 0 aromatic heterocycles. The molecule has 1 aliphatic rings. The first-order chi connectivity index (χ1) is 14.0. The Bertz CT molecular complexity index is 534. The van der Waals surface area contributed by atoms with E-state index in [0.29, 0.717) is 38.5 Å². The third kappa shape index (κ3) is 5.18. The molecule has 4 N–H and O–H groups in total. The van der Waals surface area contributed by atoms with Gasteiger partial charge in [0.25, 0.3) is 0 Å². The number of nitrogens with zero attached hydrogens (tertiary/aromatic N) is 1. The van der Waals surface area contributed by atoms with Gasteiger partial charge in [-0.1, -0.05) is 59.8 Å². The molecule has 1 rings (SSSR count). The number of hydrogen-bond acceptors (Lipinski definition) is 4. The Labute approximate surface area is 183 Å². The van der Waals surface area contributed by atoms with Crippen LogP contribution in [0.2, 0.25) is 0 Å². The number of rotatable bonds is 14. The van der Waals surface area contributed by atoms with Crippen LogP contribution in [0, 0.1) is 5.41 Å². The van der Waals surface area contributed by atoms with Crippen LogP contribution in [-0.2, 0) is 9.59 Å². The van der Waals surface area contributed by atoms with Crippen molar-refractivity contribution < 1.29 is 19.8 Å². The fourth-order valence-corrected chi connectivity index (χ4v) is 5.37. The molecule has 6 heteroatoms. The maximum atomic E-state index is 13.9. The Morgan fingerprint density at radius 3 is 1.40 bits per heavy atom. The molecule has 1 saturated carbocycles. The lowest BCUT2D eigenvalue weighted by Crippen LogP contribution is -2.67. The standard InChI is InChI=1S/C24H46N2O4/c1-7-12-23(29,13-8-2)18(5)26(19(6)24(30,14-9-3)15-10-4)21(28)22(20(25)27)16-11-17-22/h18-19,29-30H,7-17H2,1-6H3,(H2,25,27). The van der Waals surface area contributed by atoms with E-state index in [0.717, 1.165) is 32.1 Å². The number of aliphatic hydroxyl groups is 2. The van der Waals surface area contributed by atoms with E-state index in [2.05, 4.69) is 0 Å². The van der Waals surface area contributed by atoms with Gasteiger partial charge >= 0.3 is 0 Å². The van der Waals surface area contributed by atoms with Gasteiger partial charge in [0, 0.05) is 0 Å². The number of hydrogen-bond donors (Lipinski definition) is 3. The molecule has 2 atom stereocenters. The molecule has 0 saturated heterocycles. The van der Waals surface area contributed by atoms with Crippen molar-refractivity contribution >= 4 is 11.8 Å². The summed E-state index contributed by atoms with van der Waals surface area (Å²) in [5.74, 6) is -0.912. The molecule has 0 aliphatic heterocycles. The topological polar surface area (TPSA) is 104 Å². The molecule has 30 heavy (non-hydrogen) atoms. The van der Waals surface area contributed by atoms with Crippen LogP contribution in [-0.4, -0.2) is 50.2 Å². The van der Waals surface area contributed by atoms with Gasteiger partial charge in [0.1, 0.15) is 5.41 Å². The average Bonchev–Trinajstić information content (AvgIpc) is 2.61. The highest BCUT2D eigenvalue weighted by Crippen LogP contribution is 2.45. The van der Waals surface area contributed by atoms with E-state index in [9.17, 15) is 19.8 Å². The largest absolute Gasteiger partial charge is 0.388 e. The van der Waals surface area contributed by atoms with Crippen molar-refractivity contribution in [2.24, 2.45) is 11.1 Å². The Balaban J connectivity index is 3.51. The number of amides is 2. The van der Waals surface area contributed by atoms with E-state index < -0.39 is 34.6 Å². The molecule has 2 unspecified atom stereocenters. The molecule has 0 bridgehead atoms. The maximum absolute atomic E-state index is 13.9. The van der Waals surface area contributed by atoms with Gasteiger partial charge in [0.05, 0.1) is 23.3 Å². The smallest absolute Gasteiger partial charge is 0.238 e. The summed E-state index contributed by atoms with van der Waals surface area (Å²) in [4.78, 5) is 27.9. The first kappa shape index (κ1) is 26.9. The molecular formula is C24H46N2O4. The summed E-state index contributed by atoms with van der Waals surface area (Å²) in [5.41, 5.74) is 2.36. The normalized spacial score (nSPS) is 18.4. The second kappa shape index (κ2) is 10.9. The van der Waals surface area contributed by atoms with Crippen molar-refractivity contribution in [3.63, 3.8) is 0 Å². The van der Waals surface area contributed by atoms with Crippen LogP contribution < -0.4 is 5.73 Å². The van der Waals surface area contributed by atoms with Gasteiger partial charge in [-0.15, -0.1) is 0 Å². The molecule has 1 fully saturated rings. The molecule has 0 heterocycles. The maximum Gasteiger partial charge on any atom is 0.238 e.